The fraction of sp³-hybridized carbons (Fsp3) is 0.167. The van der Waals surface area contributed by atoms with Gasteiger partial charge in [-0.05, 0) is 36.1 Å². The lowest BCUT2D eigenvalue weighted by atomic mass is 10.1. The molecule has 29 heavy (non-hydrogen) atoms. The number of anilines is 1. The Labute approximate surface area is 179 Å². The maximum atomic E-state index is 13.2. The van der Waals surface area contributed by atoms with Gasteiger partial charge in [-0.3, -0.25) is 9.69 Å². The van der Waals surface area contributed by atoms with Gasteiger partial charge in [0.25, 0.3) is 0 Å². The first-order valence-corrected chi connectivity index (χ1v) is 10.7. The molecule has 0 aliphatic heterocycles. The molecule has 0 saturated heterocycles. The van der Waals surface area contributed by atoms with Crippen LogP contribution in [0, 0.1) is 6.92 Å². The predicted molar refractivity (Wildman–Crippen MR) is 122 cm³/mol. The van der Waals surface area contributed by atoms with Gasteiger partial charge in [0.2, 0.25) is 5.91 Å². The Balaban J connectivity index is 1.65. The SMILES string of the molecule is Cc1ccc(Cl)c2sc(N(Cc3ccccc3)C(=O)CCc3ccccc3)nc12. The Morgan fingerprint density at radius 1 is 0.966 bits per heavy atom. The van der Waals surface area contributed by atoms with E-state index in [1.165, 1.54) is 11.3 Å². The van der Waals surface area contributed by atoms with Gasteiger partial charge in [0, 0.05) is 6.42 Å². The number of benzene rings is 3. The molecule has 1 aromatic heterocycles. The quantitative estimate of drug-likeness (QED) is 0.360. The number of thiazole rings is 1. The molecule has 0 bridgehead atoms. The molecule has 5 heteroatoms. The van der Waals surface area contributed by atoms with Gasteiger partial charge >= 0.3 is 0 Å². The largest absolute Gasteiger partial charge is 0.284 e. The lowest BCUT2D eigenvalue weighted by molar-refractivity contribution is -0.118. The number of carbonyl (C=O) groups excluding carboxylic acids is 1. The molecule has 3 nitrogen and oxygen atoms in total. The summed E-state index contributed by atoms with van der Waals surface area (Å²) in [4.78, 5) is 19.8. The monoisotopic (exact) mass is 420 g/mol. The topological polar surface area (TPSA) is 33.2 Å². The van der Waals surface area contributed by atoms with Crippen molar-refractivity contribution in [3.63, 3.8) is 0 Å². The second kappa shape index (κ2) is 8.76. The average Bonchev–Trinajstić information content (AvgIpc) is 3.21. The summed E-state index contributed by atoms with van der Waals surface area (Å²) in [6.45, 7) is 2.51. The summed E-state index contributed by atoms with van der Waals surface area (Å²) in [5.74, 6) is 0.0607. The second-order valence-electron chi connectivity index (χ2n) is 6.99. The van der Waals surface area contributed by atoms with Crippen LogP contribution in [0.5, 0.6) is 0 Å². The van der Waals surface area contributed by atoms with Gasteiger partial charge in [0.1, 0.15) is 0 Å². The summed E-state index contributed by atoms with van der Waals surface area (Å²) in [6.07, 6.45) is 1.13. The van der Waals surface area contributed by atoms with Gasteiger partial charge in [-0.2, -0.15) is 0 Å². The summed E-state index contributed by atoms with van der Waals surface area (Å²) >= 11 is 7.87. The fourth-order valence-corrected chi connectivity index (χ4v) is 4.60. The van der Waals surface area contributed by atoms with Crippen molar-refractivity contribution in [3.05, 3.63) is 94.5 Å². The standard InChI is InChI=1S/C24H21ClN2OS/c1-17-12-14-20(25)23-22(17)26-24(29-23)27(16-19-10-6-3-7-11-19)21(28)15-13-18-8-4-2-5-9-18/h2-12,14H,13,15-16H2,1H3. The van der Waals surface area contributed by atoms with E-state index in [-0.39, 0.29) is 5.91 Å². The first-order chi connectivity index (χ1) is 14.1. The van der Waals surface area contributed by atoms with E-state index in [1.54, 1.807) is 4.90 Å². The van der Waals surface area contributed by atoms with Gasteiger partial charge in [0.05, 0.1) is 21.8 Å². The Hall–Kier alpha value is -2.69. The number of nitrogens with zero attached hydrogens (tertiary/aromatic N) is 2. The molecule has 3 aromatic carbocycles. The molecule has 0 fully saturated rings. The van der Waals surface area contributed by atoms with Crippen molar-refractivity contribution in [1.29, 1.82) is 0 Å². The highest BCUT2D eigenvalue weighted by Gasteiger charge is 2.21. The van der Waals surface area contributed by atoms with Crippen molar-refractivity contribution in [2.45, 2.75) is 26.3 Å². The van der Waals surface area contributed by atoms with Crippen LogP contribution in [0.4, 0.5) is 5.13 Å². The first-order valence-electron chi connectivity index (χ1n) is 9.55. The van der Waals surface area contributed by atoms with Crippen molar-refractivity contribution >= 4 is 44.2 Å². The summed E-state index contributed by atoms with van der Waals surface area (Å²) in [7, 11) is 0. The van der Waals surface area contributed by atoms with Crippen molar-refractivity contribution in [3.8, 4) is 0 Å². The van der Waals surface area contributed by atoms with Crippen LogP contribution in [0.25, 0.3) is 10.2 Å². The molecule has 146 valence electrons. The molecule has 1 amide bonds. The molecule has 0 aliphatic carbocycles. The molecular weight excluding hydrogens is 400 g/mol. The molecule has 0 unspecified atom stereocenters. The molecule has 4 aromatic rings. The Kier molecular flexibility index (Phi) is 5.93. The normalized spacial score (nSPS) is 11.0. The Bertz CT molecular complexity index is 1090. The lowest BCUT2D eigenvalue weighted by Crippen LogP contribution is -2.30. The summed E-state index contributed by atoms with van der Waals surface area (Å²) in [5.41, 5.74) is 4.15. The number of aromatic nitrogens is 1. The van der Waals surface area contributed by atoms with Crippen molar-refractivity contribution < 1.29 is 4.79 Å². The number of rotatable bonds is 6. The minimum Gasteiger partial charge on any atom is -0.284 e. The van der Waals surface area contributed by atoms with Crippen molar-refractivity contribution in [2.75, 3.05) is 4.90 Å². The number of amides is 1. The summed E-state index contributed by atoms with van der Waals surface area (Å²) in [5, 5.41) is 1.36. The number of fused-ring (bicyclic) bond motifs is 1. The zero-order valence-corrected chi connectivity index (χ0v) is 17.7. The lowest BCUT2D eigenvalue weighted by Gasteiger charge is -2.20. The predicted octanol–water partition coefficient (Wildman–Crippen LogP) is 6.42. The third-order valence-electron chi connectivity index (χ3n) is 4.87. The van der Waals surface area contributed by atoms with Gasteiger partial charge in [-0.1, -0.05) is 89.7 Å². The smallest absolute Gasteiger partial charge is 0.229 e. The maximum Gasteiger partial charge on any atom is 0.229 e. The number of halogens is 1. The Morgan fingerprint density at radius 2 is 1.62 bits per heavy atom. The molecular formula is C24H21ClN2OS. The van der Waals surface area contributed by atoms with Crippen LogP contribution in [0.15, 0.2) is 72.8 Å². The van der Waals surface area contributed by atoms with Crippen LogP contribution in [-0.4, -0.2) is 10.9 Å². The number of hydrogen-bond donors (Lipinski definition) is 0. The van der Waals surface area contributed by atoms with Crippen LogP contribution in [-0.2, 0) is 17.8 Å². The average molecular weight is 421 g/mol. The minimum absolute atomic E-state index is 0.0607. The molecule has 0 N–H and O–H groups in total. The van der Waals surface area contributed by atoms with Gasteiger partial charge in [-0.25, -0.2) is 4.98 Å². The van der Waals surface area contributed by atoms with Crippen LogP contribution in [0.2, 0.25) is 5.02 Å². The minimum atomic E-state index is 0.0607. The van der Waals surface area contributed by atoms with E-state index in [4.69, 9.17) is 16.6 Å². The van der Waals surface area contributed by atoms with Gasteiger partial charge in [-0.15, -0.1) is 0 Å². The molecule has 4 rings (SSSR count). The van der Waals surface area contributed by atoms with E-state index in [2.05, 4.69) is 12.1 Å². The van der Waals surface area contributed by atoms with Crippen LogP contribution in [0.1, 0.15) is 23.1 Å². The van der Waals surface area contributed by atoms with Crippen molar-refractivity contribution in [1.82, 2.24) is 4.98 Å². The third kappa shape index (κ3) is 4.50. The molecule has 0 saturated carbocycles. The molecule has 0 aliphatic rings. The zero-order chi connectivity index (χ0) is 20.2. The van der Waals surface area contributed by atoms with Crippen LogP contribution >= 0.6 is 22.9 Å². The molecule has 0 atom stereocenters. The summed E-state index contributed by atoms with van der Waals surface area (Å²) < 4.78 is 0.926. The van der Waals surface area contributed by atoms with E-state index in [0.29, 0.717) is 29.5 Å². The second-order valence-corrected chi connectivity index (χ2v) is 8.37. The molecule has 1 heterocycles. The first kappa shape index (κ1) is 19.6. The number of carbonyl (C=O) groups is 1. The van der Waals surface area contributed by atoms with E-state index >= 15 is 0 Å². The molecule has 0 spiro atoms. The highest BCUT2D eigenvalue weighted by Crippen LogP contribution is 2.36. The van der Waals surface area contributed by atoms with E-state index in [9.17, 15) is 4.79 Å². The van der Waals surface area contributed by atoms with E-state index in [1.807, 2.05) is 67.6 Å². The van der Waals surface area contributed by atoms with E-state index < -0.39 is 0 Å². The highest BCUT2D eigenvalue weighted by molar-refractivity contribution is 7.23. The van der Waals surface area contributed by atoms with Crippen molar-refractivity contribution in [2.24, 2.45) is 0 Å². The Morgan fingerprint density at radius 3 is 2.28 bits per heavy atom. The highest BCUT2D eigenvalue weighted by atomic mass is 35.5. The summed E-state index contributed by atoms with van der Waals surface area (Å²) in [6, 6.07) is 24.0. The number of hydrogen-bond acceptors (Lipinski definition) is 3. The van der Waals surface area contributed by atoms with E-state index in [0.717, 1.165) is 26.9 Å². The fourth-order valence-electron chi connectivity index (χ4n) is 3.27. The van der Waals surface area contributed by atoms with Gasteiger partial charge < -0.3 is 0 Å². The van der Waals surface area contributed by atoms with Crippen LogP contribution < -0.4 is 4.90 Å². The van der Waals surface area contributed by atoms with Crippen LogP contribution in [0.3, 0.4) is 0 Å². The zero-order valence-electron chi connectivity index (χ0n) is 16.1. The third-order valence-corrected chi connectivity index (χ3v) is 6.41. The number of aryl methyl sites for hydroxylation is 2. The van der Waals surface area contributed by atoms with Gasteiger partial charge in [0.15, 0.2) is 5.13 Å². The maximum absolute atomic E-state index is 13.2. The molecule has 0 radical (unpaired) electrons.